The first kappa shape index (κ1) is 20.6. The van der Waals surface area contributed by atoms with Crippen LogP contribution in [0, 0.1) is 13.8 Å². The largest absolute Gasteiger partial charge is 0.461 e. The lowest BCUT2D eigenvalue weighted by Crippen LogP contribution is -2.43. The first-order chi connectivity index (χ1) is 12.8. The topological polar surface area (TPSA) is 79.5 Å². The lowest BCUT2D eigenvalue weighted by Gasteiger charge is -2.27. The molecule has 2 aromatic heterocycles. The molecule has 2 rings (SSSR count). The van der Waals surface area contributed by atoms with E-state index in [9.17, 15) is 14.4 Å². The van der Waals surface area contributed by atoms with E-state index in [1.807, 2.05) is 5.38 Å². The summed E-state index contributed by atoms with van der Waals surface area (Å²) in [6.07, 6.45) is 1.59. The van der Waals surface area contributed by atoms with Crippen molar-refractivity contribution in [3.63, 3.8) is 0 Å². The van der Waals surface area contributed by atoms with Gasteiger partial charge < -0.3 is 14.6 Å². The van der Waals surface area contributed by atoms with Crippen LogP contribution in [0.1, 0.15) is 55.6 Å². The second kappa shape index (κ2) is 8.81. The molecule has 1 unspecified atom stereocenters. The van der Waals surface area contributed by atoms with Crippen molar-refractivity contribution >= 4 is 29.0 Å². The summed E-state index contributed by atoms with van der Waals surface area (Å²) in [5.41, 5.74) is 1.79. The molecule has 0 saturated heterocycles. The van der Waals surface area contributed by atoms with E-state index in [2.05, 4.69) is 11.6 Å². The fourth-order valence-electron chi connectivity index (χ4n) is 2.98. The summed E-state index contributed by atoms with van der Waals surface area (Å²) in [5, 5.41) is 1.82. The van der Waals surface area contributed by atoms with E-state index >= 15 is 0 Å². The number of hydrogen-bond donors (Lipinski definition) is 1. The molecule has 1 atom stereocenters. The molecule has 7 heteroatoms. The van der Waals surface area contributed by atoms with Crippen molar-refractivity contribution in [2.45, 2.75) is 33.7 Å². The van der Waals surface area contributed by atoms with Gasteiger partial charge in [-0.3, -0.25) is 9.59 Å². The number of nitrogens with zero attached hydrogens (tertiary/aromatic N) is 1. The normalized spacial score (nSPS) is 11.7. The minimum absolute atomic E-state index is 0.220. The van der Waals surface area contributed by atoms with E-state index < -0.39 is 12.0 Å². The van der Waals surface area contributed by atoms with Gasteiger partial charge in [0.15, 0.2) is 5.78 Å². The number of thiophene rings is 1. The Bertz CT molecular complexity index is 852. The van der Waals surface area contributed by atoms with Gasteiger partial charge in [0, 0.05) is 17.8 Å². The van der Waals surface area contributed by atoms with Crippen LogP contribution >= 0.6 is 11.3 Å². The zero-order chi connectivity index (χ0) is 20.1. The molecule has 144 valence electrons. The van der Waals surface area contributed by atoms with Gasteiger partial charge in [0.2, 0.25) is 0 Å². The maximum Gasteiger partial charge on any atom is 0.355 e. The highest BCUT2D eigenvalue weighted by molar-refractivity contribution is 7.12. The number of carbonyl (C=O) groups excluding carboxylic acids is 3. The summed E-state index contributed by atoms with van der Waals surface area (Å²) < 4.78 is 5.03. The molecule has 0 aliphatic rings. The number of Topliss-reactive ketones (excluding diaryl/α,β-unsaturated/α-hetero) is 1. The Labute approximate surface area is 162 Å². The van der Waals surface area contributed by atoms with Gasteiger partial charge in [0.25, 0.3) is 5.91 Å². The van der Waals surface area contributed by atoms with Crippen molar-refractivity contribution in [1.29, 1.82) is 0 Å². The molecular weight excluding hydrogens is 364 g/mol. The fourth-order valence-corrected chi connectivity index (χ4v) is 3.65. The summed E-state index contributed by atoms with van der Waals surface area (Å²) in [5.74, 6) is -0.951. The van der Waals surface area contributed by atoms with Crippen LogP contribution in [-0.2, 0) is 4.74 Å². The lowest BCUT2D eigenvalue weighted by atomic mass is 9.99. The highest BCUT2D eigenvalue weighted by atomic mass is 32.1. The highest BCUT2D eigenvalue weighted by Gasteiger charge is 2.31. The molecule has 0 radical (unpaired) electrons. The Kier molecular flexibility index (Phi) is 6.74. The minimum Gasteiger partial charge on any atom is -0.461 e. The van der Waals surface area contributed by atoms with Crippen molar-refractivity contribution in [2.75, 3.05) is 13.2 Å². The zero-order valence-corrected chi connectivity index (χ0v) is 16.8. The second-order valence-electron chi connectivity index (χ2n) is 6.11. The van der Waals surface area contributed by atoms with E-state index in [1.54, 1.807) is 45.9 Å². The molecule has 6 nitrogen and oxygen atoms in total. The van der Waals surface area contributed by atoms with Gasteiger partial charge in [-0.25, -0.2) is 4.79 Å². The van der Waals surface area contributed by atoms with Crippen molar-refractivity contribution in [3.05, 3.63) is 57.6 Å². The van der Waals surface area contributed by atoms with Gasteiger partial charge >= 0.3 is 5.97 Å². The number of aryl methyl sites for hydroxylation is 1. The molecular formula is C20H24N2O4S. The smallest absolute Gasteiger partial charge is 0.355 e. The van der Waals surface area contributed by atoms with Gasteiger partial charge in [0.1, 0.15) is 5.69 Å². The summed E-state index contributed by atoms with van der Waals surface area (Å²) in [4.78, 5) is 43.0. The highest BCUT2D eigenvalue weighted by Crippen LogP contribution is 2.23. The van der Waals surface area contributed by atoms with E-state index in [1.165, 1.54) is 16.2 Å². The van der Waals surface area contributed by atoms with Crippen LogP contribution in [0.5, 0.6) is 0 Å². The first-order valence-electron chi connectivity index (χ1n) is 8.69. The Morgan fingerprint density at radius 2 is 2.07 bits per heavy atom. The summed E-state index contributed by atoms with van der Waals surface area (Å²) in [6, 6.07) is 2.81. The molecule has 0 aliphatic carbocycles. The number of aromatic nitrogens is 1. The van der Waals surface area contributed by atoms with Crippen molar-refractivity contribution in [2.24, 2.45) is 0 Å². The monoisotopic (exact) mass is 388 g/mol. The van der Waals surface area contributed by atoms with Gasteiger partial charge in [0.05, 0.1) is 17.5 Å². The quantitative estimate of drug-likeness (QED) is 0.424. The number of hydrogen-bond acceptors (Lipinski definition) is 5. The number of H-pyrrole nitrogens is 1. The molecule has 0 fully saturated rings. The number of ketones is 1. The fraction of sp³-hybridized carbons (Fsp3) is 0.350. The average Bonchev–Trinajstić information content (AvgIpc) is 3.26. The third-order valence-electron chi connectivity index (χ3n) is 4.33. The van der Waals surface area contributed by atoms with Crippen LogP contribution in [0.4, 0.5) is 0 Å². The minimum atomic E-state index is -0.708. The number of amides is 1. The molecule has 0 spiro atoms. The molecule has 27 heavy (non-hydrogen) atoms. The first-order valence-corrected chi connectivity index (χ1v) is 9.57. The van der Waals surface area contributed by atoms with Crippen LogP contribution in [0.25, 0.3) is 0 Å². The van der Waals surface area contributed by atoms with Gasteiger partial charge in [-0.2, -0.15) is 0 Å². The molecule has 2 aromatic rings. The van der Waals surface area contributed by atoms with Crippen LogP contribution in [0.2, 0.25) is 0 Å². The summed E-state index contributed by atoms with van der Waals surface area (Å²) in [6.45, 7) is 11.0. The van der Waals surface area contributed by atoms with Crippen LogP contribution < -0.4 is 0 Å². The summed E-state index contributed by atoms with van der Waals surface area (Å²) in [7, 11) is 0. The predicted molar refractivity (Wildman–Crippen MR) is 106 cm³/mol. The summed E-state index contributed by atoms with van der Waals surface area (Å²) >= 11 is 1.33. The third kappa shape index (κ3) is 4.19. The second-order valence-corrected chi connectivity index (χ2v) is 7.06. The molecule has 0 saturated carbocycles. The van der Waals surface area contributed by atoms with E-state index in [0.717, 1.165) is 0 Å². The molecule has 2 heterocycles. The standard InChI is InChI=1S/C20H24N2O4S/c1-6-10-22(19(24)15-9-8-11-27-15)14(5)18(23)16-12(3)17(21-13(16)4)20(25)26-7-2/h6,8-9,11,14,21H,1,7,10H2,2-5H3. The molecule has 0 aliphatic heterocycles. The van der Waals surface area contributed by atoms with Crippen LogP contribution in [0.3, 0.4) is 0 Å². The Hall–Kier alpha value is -2.67. The lowest BCUT2D eigenvalue weighted by molar-refractivity contribution is 0.0519. The number of ether oxygens (including phenoxy) is 1. The number of esters is 1. The molecule has 1 amide bonds. The Morgan fingerprint density at radius 3 is 2.63 bits per heavy atom. The van der Waals surface area contributed by atoms with Gasteiger partial charge in [-0.05, 0) is 44.7 Å². The average molecular weight is 388 g/mol. The maximum atomic E-state index is 13.2. The van der Waals surface area contributed by atoms with E-state index in [0.29, 0.717) is 21.7 Å². The van der Waals surface area contributed by atoms with Crippen molar-refractivity contribution in [1.82, 2.24) is 9.88 Å². The van der Waals surface area contributed by atoms with Crippen molar-refractivity contribution < 1.29 is 19.1 Å². The Balaban J connectivity index is 2.36. The van der Waals surface area contributed by atoms with E-state index in [4.69, 9.17) is 4.74 Å². The number of rotatable bonds is 8. The number of carbonyl (C=O) groups is 3. The van der Waals surface area contributed by atoms with Gasteiger partial charge in [-0.1, -0.05) is 12.1 Å². The van der Waals surface area contributed by atoms with Crippen LogP contribution in [0.15, 0.2) is 30.2 Å². The molecule has 1 N–H and O–H groups in total. The van der Waals surface area contributed by atoms with Gasteiger partial charge in [-0.15, -0.1) is 17.9 Å². The molecule has 0 bridgehead atoms. The zero-order valence-electron chi connectivity index (χ0n) is 16.0. The maximum absolute atomic E-state index is 13.2. The van der Waals surface area contributed by atoms with E-state index in [-0.39, 0.29) is 30.5 Å². The number of nitrogens with one attached hydrogen (secondary N) is 1. The SMILES string of the molecule is C=CCN(C(=O)c1cccs1)C(C)C(=O)c1c(C)[nH]c(C(=O)OCC)c1C. The third-order valence-corrected chi connectivity index (χ3v) is 5.19. The Morgan fingerprint density at radius 1 is 1.37 bits per heavy atom. The van der Waals surface area contributed by atoms with Crippen molar-refractivity contribution in [3.8, 4) is 0 Å². The van der Waals surface area contributed by atoms with Crippen LogP contribution in [-0.4, -0.2) is 46.7 Å². The predicted octanol–water partition coefficient (Wildman–Crippen LogP) is 3.77. The number of aromatic amines is 1. The molecule has 0 aromatic carbocycles.